The second-order valence-electron chi connectivity index (χ2n) is 6.14. The number of halogens is 3. The molecule has 0 aromatic heterocycles. The molecule has 0 aliphatic rings. The Kier molecular flexibility index (Phi) is 7.29. The van der Waals surface area contributed by atoms with E-state index in [1.165, 1.54) is 6.92 Å². The van der Waals surface area contributed by atoms with Crippen molar-refractivity contribution in [2.45, 2.75) is 13.1 Å². The molecule has 2 aromatic carbocycles. The molecule has 0 aliphatic heterocycles. The third-order valence-corrected chi connectivity index (χ3v) is 4.11. The van der Waals surface area contributed by atoms with E-state index in [2.05, 4.69) is 10.2 Å². The number of aryl methyl sites for hydroxylation is 1. The van der Waals surface area contributed by atoms with Crippen molar-refractivity contribution in [3.63, 3.8) is 0 Å². The van der Waals surface area contributed by atoms with E-state index in [9.17, 15) is 23.1 Å². The first kappa shape index (κ1) is 22.3. The van der Waals surface area contributed by atoms with Crippen LogP contribution in [0.3, 0.4) is 0 Å². The Hall–Kier alpha value is -2.98. The summed E-state index contributed by atoms with van der Waals surface area (Å²) in [5.74, 6) is -1.41. The molecule has 0 saturated carbocycles. The lowest BCUT2D eigenvalue weighted by Gasteiger charge is -2.22. The normalized spacial score (nSPS) is 11.8. The second-order valence-corrected chi connectivity index (χ2v) is 6.14. The lowest BCUT2D eigenvalue weighted by Crippen LogP contribution is -2.29. The van der Waals surface area contributed by atoms with Crippen LogP contribution >= 0.6 is 0 Å². The van der Waals surface area contributed by atoms with Crippen LogP contribution in [0.2, 0.25) is 0 Å². The van der Waals surface area contributed by atoms with E-state index in [4.69, 9.17) is 10.2 Å². The lowest BCUT2D eigenvalue weighted by atomic mass is 10.0. The van der Waals surface area contributed by atoms with Crippen LogP contribution in [0.15, 0.2) is 46.6 Å². The van der Waals surface area contributed by atoms with Gasteiger partial charge in [-0.1, -0.05) is 0 Å². The van der Waals surface area contributed by atoms with Crippen LogP contribution in [-0.2, 0) is 6.18 Å². The summed E-state index contributed by atoms with van der Waals surface area (Å²) in [5.41, 5.74) is -0.976. The number of rotatable bonds is 8. The predicted molar refractivity (Wildman–Crippen MR) is 100 cm³/mol. The van der Waals surface area contributed by atoms with Gasteiger partial charge in [-0.25, -0.2) is 4.79 Å². The molecule has 29 heavy (non-hydrogen) atoms. The van der Waals surface area contributed by atoms with E-state index in [-0.39, 0.29) is 24.3 Å². The largest absolute Gasteiger partial charge is 0.478 e. The minimum Gasteiger partial charge on any atom is -0.478 e. The zero-order valence-corrected chi connectivity index (χ0v) is 15.5. The van der Waals surface area contributed by atoms with Crippen LogP contribution in [0.5, 0.6) is 0 Å². The summed E-state index contributed by atoms with van der Waals surface area (Å²) in [6.45, 7) is 1.60. The first-order valence-electron chi connectivity index (χ1n) is 8.61. The maximum atomic E-state index is 13.1. The van der Waals surface area contributed by atoms with Gasteiger partial charge in [-0.05, 0) is 48.9 Å². The smallest absolute Gasteiger partial charge is 0.416 e. The average Bonchev–Trinajstić information content (AvgIpc) is 2.66. The SMILES string of the molecule is Cc1cc(C(=O)O)c(N=Nc2ccc(N(CCO)CCO)cc2)cc1C(F)(F)F. The molecule has 0 amide bonds. The number of aliphatic hydroxyl groups excluding tert-OH is 2. The van der Waals surface area contributed by atoms with Crippen molar-refractivity contribution in [3.05, 3.63) is 53.1 Å². The Bertz CT molecular complexity index is 878. The van der Waals surface area contributed by atoms with Gasteiger partial charge < -0.3 is 20.2 Å². The molecule has 10 heteroatoms. The highest BCUT2D eigenvalue weighted by molar-refractivity contribution is 5.93. The molecule has 0 saturated heterocycles. The summed E-state index contributed by atoms with van der Waals surface area (Å²) in [6, 6.07) is 7.97. The molecule has 0 spiro atoms. The van der Waals surface area contributed by atoms with Crippen LogP contribution < -0.4 is 4.90 Å². The van der Waals surface area contributed by atoms with E-state index in [0.29, 0.717) is 30.5 Å². The third-order valence-electron chi connectivity index (χ3n) is 4.11. The van der Waals surface area contributed by atoms with Crippen molar-refractivity contribution in [1.82, 2.24) is 0 Å². The highest BCUT2D eigenvalue weighted by Gasteiger charge is 2.33. The monoisotopic (exact) mass is 411 g/mol. The number of azo groups is 1. The summed E-state index contributed by atoms with van der Waals surface area (Å²) >= 11 is 0. The van der Waals surface area contributed by atoms with Gasteiger partial charge in [-0.2, -0.15) is 18.3 Å². The van der Waals surface area contributed by atoms with E-state index in [1.54, 1.807) is 29.2 Å². The van der Waals surface area contributed by atoms with Gasteiger partial charge >= 0.3 is 12.1 Å². The van der Waals surface area contributed by atoms with Gasteiger partial charge in [0.15, 0.2) is 0 Å². The summed E-state index contributed by atoms with van der Waals surface area (Å²) in [6.07, 6.45) is -4.64. The zero-order chi connectivity index (χ0) is 21.6. The van der Waals surface area contributed by atoms with E-state index in [1.807, 2.05) is 0 Å². The number of carboxylic acid groups (broad SMARTS) is 1. The number of carboxylic acids is 1. The number of carbonyl (C=O) groups is 1. The fraction of sp³-hybridized carbons (Fsp3) is 0.316. The molecule has 2 aromatic rings. The minimum atomic E-state index is -4.64. The number of aromatic carboxylic acids is 1. The number of alkyl halides is 3. The third kappa shape index (κ3) is 5.75. The Morgan fingerprint density at radius 3 is 2.10 bits per heavy atom. The molecule has 0 heterocycles. The number of aliphatic hydroxyl groups is 2. The van der Waals surface area contributed by atoms with Crippen molar-refractivity contribution in [2.24, 2.45) is 10.2 Å². The van der Waals surface area contributed by atoms with Crippen molar-refractivity contribution in [2.75, 3.05) is 31.2 Å². The molecule has 3 N–H and O–H groups in total. The maximum absolute atomic E-state index is 13.1. The molecule has 0 aliphatic carbocycles. The predicted octanol–water partition coefficient (Wildman–Crippen LogP) is 3.92. The number of hydrogen-bond donors (Lipinski definition) is 3. The molecule has 156 valence electrons. The zero-order valence-electron chi connectivity index (χ0n) is 15.5. The minimum absolute atomic E-state index is 0.103. The van der Waals surface area contributed by atoms with Gasteiger partial charge in [0.25, 0.3) is 0 Å². The van der Waals surface area contributed by atoms with Crippen LogP contribution in [0.4, 0.5) is 30.2 Å². The average molecular weight is 411 g/mol. The van der Waals surface area contributed by atoms with Crippen LogP contribution in [0.25, 0.3) is 0 Å². The highest BCUT2D eigenvalue weighted by atomic mass is 19.4. The topological polar surface area (TPSA) is 106 Å². The van der Waals surface area contributed by atoms with Gasteiger partial charge in [0.2, 0.25) is 0 Å². The second kappa shape index (κ2) is 9.48. The van der Waals surface area contributed by atoms with Crippen LogP contribution in [0.1, 0.15) is 21.5 Å². The van der Waals surface area contributed by atoms with Crippen molar-refractivity contribution in [3.8, 4) is 0 Å². The summed E-state index contributed by atoms with van der Waals surface area (Å²) in [5, 5.41) is 35.0. The standard InChI is InChI=1S/C19H20F3N3O4/c1-12-10-15(18(28)29)17(11-16(12)19(20,21)22)24-23-13-2-4-14(5-3-13)25(6-8-26)7-9-27/h2-5,10-11,26-27H,6-9H2,1H3,(H,28,29). The van der Waals surface area contributed by atoms with E-state index >= 15 is 0 Å². The van der Waals surface area contributed by atoms with Crippen molar-refractivity contribution in [1.29, 1.82) is 0 Å². The Balaban J connectivity index is 2.34. The first-order chi connectivity index (χ1) is 13.7. The number of hydrogen-bond acceptors (Lipinski definition) is 6. The molecule has 0 radical (unpaired) electrons. The van der Waals surface area contributed by atoms with Crippen molar-refractivity contribution < 1.29 is 33.3 Å². The quantitative estimate of drug-likeness (QED) is 0.571. The van der Waals surface area contributed by atoms with Gasteiger partial charge in [-0.15, -0.1) is 5.11 Å². The molecule has 0 fully saturated rings. The van der Waals surface area contributed by atoms with Gasteiger partial charge in [0, 0.05) is 18.8 Å². The molecular formula is C19H20F3N3O4. The number of anilines is 1. The highest BCUT2D eigenvalue weighted by Crippen LogP contribution is 2.36. The van der Waals surface area contributed by atoms with Crippen LogP contribution in [-0.4, -0.2) is 47.6 Å². The summed E-state index contributed by atoms with van der Waals surface area (Å²) in [4.78, 5) is 13.1. The fourth-order valence-corrected chi connectivity index (χ4v) is 2.71. The van der Waals surface area contributed by atoms with Gasteiger partial charge in [-0.3, -0.25) is 0 Å². The summed E-state index contributed by atoms with van der Waals surface area (Å²) in [7, 11) is 0. The van der Waals surface area contributed by atoms with E-state index in [0.717, 1.165) is 6.07 Å². The molecular weight excluding hydrogens is 391 g/mol. The molecule has 0 unspecified atom stereocenters. The van der Waals surface area contributed by atoms with E-state index < -0.39 is 23.4 Å². The Labute approximate surface area is 164 Å². The molecule has 0 atom stereocenters. The van der Waals surface area contributed by atoms with Crippen molar-refractivity contribution >= 4 is 23.0 Å². The Morgan fingerprint density at radius 2 is 1.62 bits per heavy atom. The van der Waals surface area contributed by atoms with Gasteiger partial charge in [0.1, 0.15) is 5.69 Å². The fourth-order valence-electron chi connectivity index (χ4n) is 2.71. The number of nitrogens with zero attached hydrogens (tertiary/aromatic N) is 3. The molecule has 0 bridgehead atoms. The Morgan fingerprint density at radius 1 is 1.03 bits per heavy atom. The van der Waals surface area contributed by atoms with Crippen LogP contribution in [0, 0.1) is 6.92 Å². The van der Waals surface area contributed by atoms with Gasteiger partial charge in [0.05, 0.1) is 30.0 Å². The molecule has 7 nitrogen and oxygen atoms in total. The summed E-state index contributed by atoms with van der Waals surface area (Å²) < 4.78 is 39.3. The number of benzene rings is 2. The lowest BCUT2D eigenvalue weighted by molar-refractivity contribution is -0.138. The maximum Gasteiger partial charge on any atom is 0.416 e. The molecule has 2 rings (SSSR count). The first-order valence-corrected chi connectivity index (χ1v) is 8.61.